The highest BCUT2D eigenvalue weighted by Crippen LogP contribution is 2.20. The molecule has 0 amide bonds. The first-order chi connectivity index (χ1) is 12.7. The number of rotatable bonds is 6. The molecule has 1 unspecified atom stereocenters. The molecule has 0 radical (unpaired) electrons. The second-order valence-corrected chi connectivity index (χ2v) is 7.28. The van der Waals surface area contributed by atoms with E-state index in [0.29, 0.717) is 25.0 Å². The van der Waals surface area contributed by atoms with Crippen LogP contribution < -0.4 is 10.5 Å². The normalized spacial score (nSPS) is 22.4. The van der Waals surface area contributed by atoms with E-state index in [9.17, 15) is 0 Å². The standard InChI is InChI=1S/C20H32N4O2/c1-17-5-4-8-24(16-17)20(21)22-15-18-6-2-3-7-19(18)26-14-11-23-9-12-25-13-10-23/h2-3,6-7,17H,4-5,8-16H2,1H3,(H2,21,22). The van der Waals surface area contributed by atoms with Crippen LogP contribution >= 0.6 is 0 Å². The van der Waals surface area contributed by atoms with Gasteiger partial charge in [0.15, 0.2) is 5.96 Å². The second kappa shape index (κ2) is 9.78. The third-order valence-corrected chi connectivity index (χ3v) is 5.13. The Hall–Kier alpha value is -1.79. The summed E-state index contributed by atoms with van der Waals surface area (Å²) in [7, 11) is 0. The van der Waals surface area contributed by atoms with E-state index in [4.69, 9.17) is 15.2 Å². The number of benzene rings is 1. The van der Waals surface area contributed by atoms with E-state index in [1.807, 2.05) is 18.2 Å². The Morgan fingerprint density at radius 2 is 2.08 bits per heavy atom. The van der Waals surface area contributed by atoms with E-state index < -0.39 is 0 Å². The van der Waals surface area contributed by atoms with Gasteiger partial charge in [-0.3, -0.25) is 4.90 Å². The molecule has 1 aromatic carbocycles. The number of hydrogen-bond acceptors (Lipinski definition) is 4. The van der Waals surface area contributed by atoms with Crippen molar-refractivity contribution in [2.45, 2.75) is 26.3 Å². The van der Waals surface area contributed by atoms with Crippen LogP contribution in [0.15, 0.2) is 29.3 Å². The molecular weight excluding hydrogens is 328 g/mol. The van der Waals surface area contributed by atoms with Crippen molar-refractivity contribution in [3.63, 3.8) is 0 Å². The van der Waals surface area contributed by atoms with Crippen molar-refractivity contribution in [3.8, 4) is 5.75 Å². The summed E-state index contributed by atoms with van der Waals surface area (Å²) in [5.74, 6) is 2.25. The fourth-order valence-corrected chi connectivity index (χ4v) is 3.55. The number of likely N-dealkylation sites (tertiary alicyclic amines) is 1. The molecule has 2 heterocycles. The van der Waals surface area contributed by atoms with Gasteiger partial charge in [-0.15, -0.1) is 0 Å². The molecule has 6 nitrogen and oxygen atoms in total. The Labute approximate surface area is 157 Å². The second-order valence-electron chi connectivity index (χ2n) is 7.28. The summed E-state index contributed by atoms with van der Waals surface area (Å²) in [4.78, 5) is 9.20. The number of nitrogens with zero attached hydrogens (tertiary/aromatic N) is 3. The summed E-state index contributed by atoms with van der Waals surface area (Å²) in [5.41, 5.74) is 7.31. The van der Waals surface area contributed by atoms with Crippen LogP contribution in [0, 0.1) is 5.92 Å². The maximum Gasteiger partial charge on any atom is 0.191 e. The molecule has 2 saturated heterocycles. The van der Waals surface area contributed by atoms with Crippen molar-refractivity contribution in [1.82, 2.24) is 9.80 Å². The molecule has 1 aromatic rings. The number of para-hydroxylation sites is 1. The number of nitrogens with two attached hydrogens (primary N) is 1. The summed E-state index contributed by atoms with van der Waals surface area (Å²) in [6.07, 6.45) is 2.47. The van der Waals surface area contributed by atoms with Crippen molar-refractivity contribution in [2.75, 3.05) is 52.5 Å². The minimum absolute atomic E-state index is 0.560. The molecule has 26 heavy (non-hydrogen) atoms. The first-order valence-corrected chi connectivity index (χ1v) is 9.78. The maximum atomic E-state index is 6.22. The van der Waals surface area contributed by atoms with E-state index >= 15 is 0 Å². The monoisotopic (exact) mass is 360 g/mol. The van der Waals surface area contributed by atoms with Gasteiger partial charge in [-0.05, 0) is 24.8 Å². The Bertz CT molecular complexity index is 587. The van der Waals surface area contributed by atoms with E-state index in [1.165, 1.54) is 12.8 Å². The fourth-order valence-electron chi connectivity index (χ4n) is 3.55. The molecule has 2 N–H and O–H groups in total. The molecule has 0 spiro atoms. The summed E-state index contributed by atoms with van der Waals surface area (Å²) < 4.78 is 11.4. The summed E-state index contributed by atoms with van der Waals surface area (Å²) in [6.45, 7) is 10.1. The third-order valence-electron chi connectivity index (χ3n) is 5.13. The number of ether oxygens (including phenoxy) is 2. The average Bonchev–Trinajstić information content (AvgIpc) is 2.68. The predicted molar refractivity (Wildman–Crippen MR) is 104 cm³/mol. The largest absolute Gasteiger partial charge is 0.492 e. The van der Waals surface area contributed by atoms with Gasteiger partial charge in [-0.2, -0.15) is 0 Å². The predicted octanol–water partition coefficient (Wildman–Crippen LogP) is 1.94. The van der Waals surface area contributed by atoms with Gasteiger partial charge in [-0.25, -0.2) is 4.99 Å². The van der Waals surface area contributed by atoms with E-state index in [0.717, 1.165) is 57.3 Å². The highest BCUT2D eigenvalue weighted by molar-refractivity contribution is 5.78. The zero-order chi connectivity index (χ0) is 18.2. The highest BCUT2D eigenvalue weighted by Gasteiger charge is 2.17. The van der Waals surface area contributed by atoms with E-state index in [1.54, 1.807) is 0 Å². The van der Waals surface area contributed by atoms with Crippen LogP contribution in [0.3, 0.4) is 0 Å². The van der Waals surface area contributed by atoms with Crippen molar-refractivity contribution >= 4 is 5.96 Å². The van der Waals surface area contributed by atoms with Gasteiger partial charge >= 0.3 is 0 Å². The lowest BCUT2D eigenvalue weighted by molar-refractivity contribution is 0.0322. The summed E-state index contributed by atoms with van der Waals surface area (Å²) >= 11 is 0. The zero-order valence-corrected chi connectivity index (χ0v) is 15.9. The lowest BCUT2D eigenvalue weighted by Gasteiger charge is -2.31. The maximum absolute atomic E-state index is 6.22. The average molecular weight is 361 g/mol. The van der Waals surface area contributed by atoms with E-state index in [-0.39, 0.29) is 0 Å². The van der Waals surface area contributed by atoms with Crippen molar-refractivity contribution in [2.24, 2.45) is 16.6 Å². The third kappa shape index (κ3) is 5.61. The first-order valence-electron chi connectivity index (χ1n) is 9.78. The molecule has 6 heteroatoms. The van der Waals surface area contributed by atoms with Crippen LogP contribution in [-0.2, 0) is 11.3 Å². The van der Waals surface area contributed by atoms with Gasteiger partial charge in [-0.1, -0.05) is 25.1 Å². The smallest absolute Gasteiger partial charge is 0.191 e. The fraction of sp³-hybridized carbons (Fsp3) is 0.650. The Morgan fingerprint density at radius 3 is 2.88 bits per heavy atom. The SMILES string of the molecule is CC1CCCN(C(N)=NCc2ccccc2OCCN2CCOCC2)C1. The molecule has 1 atom stereocenters. The Kier molecular flexibility index (Phi) is 7.14. The first kappa shape index (κ1) is 19.0. The summed E-state index contributed by atoms with van der Waals surface area (Å²) in [5, 5.41) is 0. The molecule has 0 aromatic heterocycles. The van der Waals surface area contributed by atoms with Crippen LogP contribution in [0.25, 0.3) is 0 Å². The lowest BCUT2D eigenvalue weighted by Crippen LogP contribution is -2.43. The molecule has 2 aliphatic rings. The van der Waals surface area contributed by atoms with Crippen molar-refractivity contribution < 1.29 is 9.47 Å². The van der Waals surface area contributed by atoms with Gasteiger partial charge in [0.25, 0.3) is 0 Å². The van der Waals surface area contributed by atoms with Gasteiger partial charge in [0.2, 0.25) is 0 Å². The number of guanidine groups is 1. The summed E-state index contributed by atoms with van der Waals surface area (Å²) in [6, 6.07) is 8.12. The topological polar surface area (TPSA) is 63.3 Å². The minimum atomic E-state index is 0.560. The van der Waals surface area contributed by atoms with Crippen LogP contribution in [0.1, 0.15) is 25.3 Å². The highest BCUT2D eigenvalue weighted by atomic mass is 16.5. The van der Waals surface area contributed by atoms with Crippen molar-refractivity contribution in [1.29, 1.82) is 0 Å². The lowest BCUT2D eigenvalue weighted by atomic mass is 10.0. The minimum Gasteiger partial charge on any atom is -0.492 e. The quantitative estimate of drug-likeness (QED) is 0.620. The van der Waals surface area contributed by atoms with E-state index in [2.05, 4.69) is 27.8 Å². The van der Waals surface area contributed by atoms with Gasteiger partial charge in [0.1, 0.15) is 12.4 Å². The molecule has 2 aliphatic heterocycles. The molecular formula is C20H32N4O2. The van der Waals surface area contributed by atoms with Crippen LogP contribution in [0.4, 0.5) is 0 Å². The Morgan fingerprint density at radius 1 is 1.27 bits per heavy atom. The number of hydrogen-bond donors (Lipinski definition) is 1. The van der Waals surface area contributed by atoms with Crippen LogP contribution in [0.2, 0.25) is 0 Å². The number of aliphatic imine (C=N–C) groups is 1. The Balaban J connectivity index is 1.52. The van der Waals surface area contributed by atoms with Crippen LogP contribution in [-0.4, -0.2) is 68.3 Å². The molecule has 3 rings (SSSR count). The van der Waals surface area contributed by atoms with Gasteiger partial charge < -0.3 is 20.1 Å². The van der Waals surface area contributed by atoms with Crippen LogP contribution in [0.5, 0.6) is 5.75 Å². The van der Waals surface area contributed by atoms with Gasteiger partial charge in [0.05, 0.1) is 19.8 Å². The molecule has 0 bridgehead atoms. The molecule has 2 fully saturated rings. The van der Waals surface area contributed by atoms with Crippen molar-refractivity contribution in [3.05, 3.63) is 29.8 Å². The number of morpholine rings is 1. The molecule has 0 saturated carbocycles. The van der Waals surface area contributed by atoms with Gasteiger partial charge in [0, 0.05) is 38.3 Å². The molecule has 0 aliphatic carbocycles. The molecule has 144 valence electrons. The zero-order valence-electron chi connectivity index (χ0n) is 15.9. The number of piperidine rings is 1.